The first-order valence-electron chi connectivity index (χ1n) is 5.74. The van der Waals surface area contributed by atoms with Crippen LogP contribution in [0.2, 0.25) is 0 Å². The molecule has 1 aromatic carbocycles. The van der Waals surface area contributed by atoms with Crippen molar-refractivity contribution in [3.8, 4) is 0 Å². The number of benzene rings is 1. The third-order valence-corrected chi connectivity index (χ3v) is 3.56. The Morgan fingerprint density at radius 3 is 2.62 bits per heavy atom. The first kappa shape index (κ1) is 11.5. The highest BCUT2D eigenvalue weighted by molar-refractivity contribution is 6.30. The monoisotopic (exact) mass is 237 g/mol. The molecule has 1 saturated carbocycles. The van der Waals surface area contributed by atoms with Crippen LogP contribution in [0.15, 0.2) is 30.3 Å². The molecule has 0 aromatic heterocycles. The zero-order valence-electron chi connectivity index (χ0n) is 9.16. The molecule has 16 heavy (non-hydrogen) atoms. The third-order valence-electron chi connectivity index (χ3n) is 3.11. The molecule has 1 unspecified atom stereocenters. The van der Waals surface area contributed by atoms with Crippen LogP contribution in [0, 0.1) is 5.92 Å². The van der Waals surface area contributed by atoms with E-state index in [0.717, 1.165) is 12.1 Å². The van der Waals surface area contributed by atoms with Gasteiger partial charge in [-0.05, 0) is 24.3 Å². The van der Waals surface area contributed by atoms with E-state index in [-0.39, 0.29) is 5.91 Å². The SMILES string of the molecule is O=C(NCC1CCC1)C(Cl)c1ccccc1. The van der Waals surface area contributed by atoms with E-state index >= 15 is 0 Å². The molecule has 3 heteroatoms. The standard InChI is InChI=1S/C13H16ClNO/c14-12(11-7-2-1-3-8-11)13(16)15-9-10-5-4-6-10/h1-3,7-8,10,12H,4-6,9H2,(H,15,16). The average Bonchev–Trinajstić information content (AvgIpc) is 2.27. The second-order valence-corrected chi connectivity index (χ2v) is 4.75. The van der Waals surface area contributed by atoms with Crippen molar-refractivity contribution in [1.29, 1.82) is 0 Å². The van der Waals surface area contributed by atoms with Gasteiger partial charge in [0, 0.05) is 6.54 Å². The highest BCUT2D eigenvalue weighted by Crippen LogP contribution is 2.26. The van der Waals surface area contributed by atoms with Crippen molar-refractivity contribution in [2.45, 2.75) is 24.6 Å². The van der Waals surface area contributed by atoms with Crippen molar-refractivity contribution in [2.75, 3.05) is 6.54 Å². The van der Waals surface area contributed by atoms with Crippen molar-refractivity contribution in [2.24, 2.45) is 5.92 Å². The summed E-state index contributed by atoms with van der Waals surface area (Å²) in [5, 5.41) is 2.34. The fraction of sp³-hybridized carbons (Fsp3) is 0.462. The second-order valence-electron chi connectivity index (χ2n) is 4.32. The van der Waals surface area contributed by atoms with Crippen LogP contribution >= 0.6 is 11.6 Å². The van der Waals surface area contributed by atoms with Gasteiger partial charge in [0.25, 0.3) is 0 Å². The van der Waals surface area contributed by atoms with Gasteiger partial charge in [-0.3, -0.25) is 4.79 Å². The van der Waals surface area contributed by atoms with Crippen molar-refractivity contribution in [3.05, 3.63) is 35.9 Å². The first-order valence-corrected chi connectivity index (χ1v) is 6.18. The van der Waals surface area contributed by atoms with Crippen LogP contribution in [0.4, 0.5) is 0 Å². The van der Waals surface area contributed by atoms with Gasteiger partial charge in [-0.1, -0.05) is 36.8 Å². The van der Waals surface area contributed by atoms with Crippen LogP contribution in [0.1, 0.15) is 30.2 Å². The molecule has 2 nitrogen and oxygen atoms in total. The first-order chi connectivity index (χ1) is 7.77. The van der Waals surface area contributed by atoms with Gasteiger partial charge in [0.05, 0.1) is 0 Å². The summed E-state index contributed by atoms with van der Waals surface area (Å²) < 4.78 is 0. The minimum Gasteiger partial charge on any atom is -0.354 e. The maximum absolute atomic E-state index is 11.7. The summed E-state index contributed by atoms with van der Waals surface area (Å²) in [6.45, 7) is 0.773. The van der Waals surface area contributed by atoms with Gasteiger partial charge >= 0.3 is 0 Å². The van der Waals surface area contributed by atoms with E-state index in [1.54, 1.807) is 0 Å². The second kappa shape index (κ2) is 5.35. The van der Waals surface area contributed by atoms with Crippen molar-refractivity contribution in [1.82, 2.24) is 5.32 Å². The number of hydrogen-bond acceptors (Lipinski definition) is 1. The van der Waals surface area contributed by atoms with Gasteiger partial charge in [0.2, 0.25) is 5.91 Å². The molecule has 0 heterocycles. The molecular weight excluding hydrogens is 222 g/mol. The Kier molecular flexibility index (Phi) is 3.83. The fourth-order valence-electron chi connectivity index (χ4n) is 1.80. The molecule has 1 aromatic rings. The molecule has 1 fully saturated rings. The highest BCUT2D eigenvalue weighted by Gasteiger charge is 2.21. The van der Waals surface area contributed by atoms with Crippen LogP contribution in [0.5, 0.6) is 0 Å². The summed E-state index contributed by atoms with van der Waals surface area (Å²) >= 11 is 6.09. The molecule has 0 spiro atoms. The Bertz CT molecular complexity index is 348. The number of halogens is 1. The number of carbonyl (C=O) groups excluding carboxylic acids is 1. The van der Waals surface area contributed by atoms with E-state index in [1.165, 1.54) is 19.3 Å². The zero-order chi connectivity index (χ0) is 11.4. The smallest absolute Gasteiger partial charge is 0.242 e. The molecule has 0 bridgehead atoms. The van der Waals surface area contributed by atoms with Crippen LogP contribution in [-0.4, -0.2) is 12.5 Å². The molecule has 1 atom stereocenters. The normalized spacial score (nSPS) is 17.6. The summed E-state index contributed by atoms with van der Waals surface area (Å²) in [4.78, 5) is 11.7. The predicted octanol–water partition coefficient (Wildman–Crippen LogP) is 2.88. The number of carbonyl (C=O) groups is 1. The molecule has 0 aliphatic heterocycles. The lowest BCUT2D eigenvalue weighted by Gasteiger charge is -2.25. The molecule has 1 aliphatic rings. The average molecular weight is 238 g/mol. The van der Waals surface area contributed by atoms with Gasteiger partial charge in [-0.25, -0.2) is 0 Å². The van der Waals surface area contributed by atoms with Crippen molar-refractivity contribution in [3.63, 3.8) is 0 Å². The molecule has 1 aliphatic carbocycles. The number of hydrogen-bond donors (Lipinski definition) is 1. The number of alkyl halides is 1. The number of amides is 1. The van der Waals surface area contributed by atoms with E-state index in [1.807, 2.05) is 30.3 Å². The lowest BCUT2D eigenvalue weighted by molar-refractivity contribution is -0.121. The summed E-state index contributed by atoms with van der Waals surface area (Å²) in [6, 6.07) is 9.45. The van der Waals surface area contributed by atoms with Gasteiger partial charge < -0.3 is 5.32 Å². The van der Waals surface area contributed by atoms with Crippen LogP contribution in [0.3, 0.4) is 0 Å². The third kappa shape index (κ3) is 2.76. The molecule has 0 radical (unpaired) electrons. The Balaban J connectivity index is 1.84. The Morgan fingerprint density at radius 1 is 1.38 bits per heavy atom. The van der Waals surface area contributed by atoms with E-state index in [2.05, 4.69) is 5.32 Å². The van der Waals surface area contributed by atoms with Gasteiger partial charge in [0.1, 0.15) is 5.38 Å². The van der Waals surface area contributed by atoms with Crippen LogP contribution < -0.4 is 5.32 Å². The number of rotatable bonds is 4. The topological polar surface area (TPSA) is 29.1 Å². The Morgan fingerprint density at radius 2 is 2.06 bits per heavy atom. The minimum atomic E-state index is -0.568. The van der Waals surface area contributed by atoms with Gasteiger partial charge in [-0.2, -0.15) is 0 Å². The number of nitrogens with one attached hydrogen (secondary N) is 1. The van der Waals surface area contributed by atoms with Gasteiger partial charge in [-0.15, -0.1) is 11.6 Å². The van der Waals surface area contributed by atoms with E-state index < -0.39 is 5.38 Å². The van der Waals surface area contributed by atoms with Crippen LogP contribution in [-0.2, 0) is 4.79 Å². The Hall–Kier alpha value is -1.02. The quantitative estimate of drug-likeness (QED) is 0.802. The highest BCUT2D eigenvalue weighted by atomic mass is 35.5. The summed E-state index contributed by atoms with van der Waals surface area (Å²) in [6.07, 6.45) is 3.76. The fourth-order valence-corrected chi connectivity index (χ4v) is 2.03. The van der Waals surface area contributed by atoms with Crippen LogP contribution in [0.25, 0.3) is 0 Å². The molecule has 0 saturated heterocycles. The lowest BCUT2D eigenvalue weighted by atomic mass is 9.85. The zero-order valence-corrected chi connectivity index (χ0v) is 9.91. The van der Waals surface area contributed by atoms with Crippen molar-refractivity contribution < 1.29 is 4.79 Å². The summed E-state index contributed by atoms with van der Waals surface area (Å²) in [5.74, 6) is 0.586. The molecular formula is C13H16ClNO. The van der Waals surface area contributed by atoms with E-state index in [0.29, 0.717) is 5.92 Å². The minimum absolute atomic E-state index is 0.0835. The Labute approximate surface area is 101 Å². The molecule has 2 rings (SSSR count). The molecule has 86 valence electrons. The largest absolute Gasteiger partial charge is 0.354 e. The van der Waals surface area contributed by atoms with Gasteiger partial charge in [0.15, 0.2) is 0 Å². The van der Waals surface area contributed by atoms with E-state index in [9.17, 15) is 4.79 Å². The summed E-state index contributed by atoms with van der Waals surface area (Å²) in [7, 11) is 0. The van der Waals surface area contributed by atoms with E-state index in [4.69, 9.17) is 11.6 Å². The summed E-state index contributed by atoms with van der Waals surface area (Å²) in [5.41, 5.74) is 0.857. The maximum Gasteiger partial charge on any atom is 0.242 e. The molecule has 1 N–H and O–H groups in total. The van der Waals surface area contributed by atoms with Crippen molar-refractivity contribution >= 4 is 17.5 Å². The maximum atomic E-state index is 11.7. The predicted molar refractivity (Wildman–Crippen MR) is 65.4 cm³/mol. The lowest BCUT2D eigenvalue weighted by Crippen LogP contribution is -2.34. The molecule has 1 amide bonds.